The van der Waals surface area contributed by atoms with Crippen molar-refractivity contribution in [1.29, 1.82) is 0 Å². The monoisotopic (exact) mass is 669 g/mol. The van der Waals surface area contributed by atoms with E-state index in [2.05, 4.69) is 5.32 Å². The molecule has 4 aromatic rings. The highest BCUT2D eigenvalue weighted by atomic mass is 35.5. The van der Waals surface area contributed by atoms with Crippen molar-refractivity contribution in [3.63, 3.8) is 0 Å². The van der Waals surface area contributed by atoms with E-state index in [1.807, 2.05) is 44.2 Å². The number of carbonyl (C=O) groups excluding carboxylic acids is 2. The van der Waals surface area contributed by atoms with Crippen molar-refractivity contribution in [2.24, 2.45) is 0 Å². The molecule has 0 bridgehead atoms. The number of halogens is 3. The van der Waals surface area contributed by atoms with E-state index in [0.717, 1.165) is 15.4 Å². The summed E-state index contributed by atoms with van der Waals surface area (Å²) in [6, 6.07) is 24.4. The molecule has 0 spiro atoms. The van der Waals surface area contributed by atoms with Crippen LogP contribution < -0.4 is 9.62 Å². The zero-order valence-corrected chi connectivity index (χ0v) is 27.2. The van der Waals surface area contributed by atoms with Gasteiger partial charge in [-0.05, 0) is 66.9 Å². The molecule has 0 radical (unpaired) electrons. The summed E-state index contributed by atoms with van der Waals surface area (Å²) < 4.78 is 42.9. The van der Waals surface area contributed by atoms with Crippen LogP contribution >= 0.6 is 23.2 Å². The quantitative estimate of drug-likeness (QED) is 0.170. The third-order valence-electron chi connectivity index (χ3n) is 7.17. The lowest BCUT2D eigenvalue weighted by Gasteiger charge is -2.34. The molecule has 7 nitrogen and oxygen atoms in total. The molecule has 4 rings (SSSR count). The van der Waals surface area contributed by atoms with Gasteiger partial charge in [0.2, 0.25) is 11.8 Å². The first-order valence-electron chi connectivity index (χ1n) is 14.4. The fourth-order valence-electron chi connectivity index (χ4n) is 4.71. The molecule has 2 amide bonds. The largest absolute Gasteiger partial charge is 0.354 e. The number of aryl methyl sites for hydroxylation is 1. The topological polar surface area (TPSA) is 86.8 Å². The number of benzene rings is 4. The minimum absolute atomic E-state index is 0.0291. The number of nitrogens with zero attached hydrogens (tertiary/aromatic N) is 2. The SMILES string of the molecule is CCCNC(=O)[C@H](Cc1ccccc1)N(Cc1ccc(F)cc1)C(=O)CN(c1ccc(Cl)c(Cl)c1)S(=O)(=O)c1ccc(C)cc1. The Balaban J connectivity index is 1.81. The van der Waals surface area contributed by atoms with Crippen molar-refractivity contribution in [2.75, 3.05) is 17.4 Å². The summed E-state index contributed by atoms with van der Waals surface area (Å²) >= 11 is 12.4. The second-order valence-electron chi connectivity index (χ2n) is 10.6. The second kappa shape index (κ2) is 15.4. The van der Waals surface area contributed by atoms with Crippen LogP contribution in [0, 0.1) is 12.7 Å². The molecule has 0 saturated heterocycles. The van der Waals surface area contributed by atoms with Crippen LogP contribution in [-0.4, -0.2) is 44.3 Å². The highest BCUT2D eigenvalue weighted by Crippen LogP contribution is 2.31. The highest BCUT2D eigenvalue weighted by Gasteiger charge is 2.34. The molecule has 0 heterocycles. The van der Waals surface area contributed by atoms with E-state index in [-0.39, 0.29) is 33.6 Å². The maximum atomic E-state index is 14.4. The van der Waals surface area contributed by atoms with Gasteiger partial charge in [-0.2, -0.15) is 0 Å². The molecule has 0 saturated carbocycles. The number of hydrogen-bond acceptors (Lipinski definition) is 4. The van der Waals surface area contributed by atoms with Gasteiger partial charge in [-0.15, -0.1) is 0 Å². The van der Waals surface area contributed by atoms with Gasteiger partial charge in [0.1, 0.15) is 18.4 Å². The first-order valence-corrected chi connectivity index (χ1v) is 16.6. The Morgan fingerprint density at radius 1 is 0.867 bits per heavy atom. The Hall–Kier alpha value is -3.92. The molecule has 1 atom stereocenters. The number of anilines is 1. The van der Waals surface area contributed by atoms with E-state index < -0.39 is 40.2 Å². The number of carbonyl (C=O) groups is 2. The molecule has 4 aromatic carbocycles. The Kier molecular flexibility index (Phi) is 11.6. The van der Waals surface area contributed by atoms with Gasteiger partial charge in [-0.1, -0.05) is 90.3 Å². The van der Waals surface area contributed by atoms with Crippen LogP contribution in [0.5, 0.6) is 0 Å². The smallest absolute Gasteiger partial charge is 0.264 e. The van der Waals surface area contributed by atoms with Crippen LogP contribution in [0.4, 0.5) is 10.1 Å². The highest BCUT2D eigenvalue weighted by molar-refractivity contribution is 7.92. The first-order chi connectivity index (χ1) is 21.5. The lowest BCUT2D eigenvalue weighted by molar-refractivity contribution is -0.140. The van der Waals surface area contributed by atoms with Crippen LogP contribution in [0.2, 0.25) is 10.0 Å². The van der Waals surface area contributed by atoms with Gasteiger partial charge in [0.15, 0.2) is 0 Å². The molecular weight excluding hydrogens is 636 g/mol. The van der Waals surface area contributed by atoms with E-state index in [0.29, 0.717) is 18.5 Å². The lowest BCUT2D eigenvalue weighted by Crippen LogP contribution is -2.53. The minimum atomic E-state index is -4.29. The van der Waals surface area contributed by atoms with Gasteiger partial charge in [-0.25, -0.2) is 12.8 Å². The summed E-state index contributed by atoms with van der Waals surface area (Å²) in [7, 11) is -4.29. The summed E-state index contributed by atoms with van der Waals surface area (Å²) in [5.41, 5.74) is 2.35. The summed E-state index contributed by atoms with van der Waals surface area (Å²) in [5, 5.41) is 3.21. The lowest BCUT2D eigenvalue weighted by atomic mass is 10.0. The molecule has 1 N–H and O–H groups in total. The molecule has 11 heteroatoms. The number of sulfonamides is 1. The Bertz CT molecular complexity index is 1720. The maximum Gasteiger partial charge on any atom is 0.264 e. The number of amides is 2. The molecule has 0 aliphatic rings. The van der Waals surface area contributed by atoms with E-state index in [1.54, 1.807) is 12.1 Å². The predicted molar refractivity (Wildman–Crippen MR) is 176 cm³/mol. The van der Waals surface area contributed by atoms with Gasteiger partial charge in [0.05, 0.1) is 20.6 Å². The van der Waals surface area contributed by atoms with Crippen molar-refractivity contribution in [3.8, 4) is 0 Å². The number of hydrogen-bond donors (Lipinski definition) is 1. The molecular formula is C34H34Cl2FN3O4S. The summed E-state index contributed by atoms with van der Waals surface area (Å²) in [5.74, 6) is -1.49. The van der Waals surface area contributed by atoms with E-state index >= 15 is 0 Å². The standard InChI is InChI=1S/C34H34Cl2FN3O4S/c1-3-19-38-34(42)32(20-25-7-5-4-6-8-25)39(22-26-11-13-27(37)14-12-26)33(41)23-40(28-15-18-30(35)31(36)21-28)45(43,44)29-16-9-24(2)10-17-29/h4-18,21,32H,3,19-20,22-23H2,1-2H3,(H,38,42)/t32-/m0/s1. The Labute approximate surface area is 273 Å². The van der Waals surface area contributed by atoms with Gasteiger partial charge < -0.3 is 10.2 Å². The zero-order chi connectivity index (χ0) is 32.6. The first kappa shape index (κ1) is 34.0. The fourth-order valence-corrected chi connectivity index (χ4v) is 6.41. The average molecular weight is 671 g/mol. The molecule has 0 fully saturated rings. The maximum absolute atomic E-state index is 14.4. The molecule has 236 valence electrons. The van der Waals surface area contributed by atoms with Gasteiger partial charge >= 0.3 is 0 Å². The van der Waals surface area contributed by atoms with Crippen molar-refractivity contribution >= 4 is 50.7 Å². The van der Waals surface area contributed by atoms with Gasteiger partial charge in [-0.3, -0.25) is 13.9 Å². The molecule has 45 heavy (non-hydrogen) atoms. The number of rotatable bonds is 13. The summed E-state index contributed by atoms with van der Waals surface area (Å²) in [6.07, 6.45) is 0.844. The third kappa shape index (κ3) is 8.84. The van der Waals surface area contributed by atoms with Crippen LogP contribution in [0.15, 0.2) is 102 Å². The molecule has 0 aromatic heterocycles. The van der Waals surface area contributed by atoms with E-state index in [4.69, 9.17) is 23.2 Å². The molecule has 0 unspecified atom stereocenters. The third-order valence-corrected chi connectivity index (χ3v) is 9.69. The fraction of sp³-hybridized carbons (Fsp3) is 0.235. The summed E-state index contributed by atoms with van der Waals surface area (Å²) in [4.78, 5) is 29.4. The Morgan fingerprint density at radius 3 is 2.16 bits per heavy atom. The Morgan fingerprint density at radius 2 is 1.53 bits per heavy atom. The van der Waals surface area contributed by atoms with Crippen LogP contribution in [0.3, 0.4) is 0 Å². The van der Waals surface area contributed by atoms with Crippen molar-refractivity contribution in [3.05, 3.63) is 130 Å². The van der Waals surface area contributed by atoms with Crippen molar-refractivity contribution in [2.45, 2.75) is 44.2 Å². The van der Waals surface area contributed by atoms with Crippen molar-refractivity contribution in [1.82, 2.24) is 10.2 Å². The second-order valence-corrected chi connectivity index (χ2v) is 13.2. The van der Waals surface area contributed by atoms with E-state index in [1.165, 1.54) is 59.5 Å². The zero-order valence-electron chi connectivity index (χ0n) is 24.9. The van der Waals surface area contributed by atoms with Crippen LogP contribution in [-0.2, 0) is 32.6 Å². The summed E-state index contributed by atoms with van der Waals surface area (Å²) in [6.45, 7) is 3.41. The molecule has 0 aliphatic heterocycles. The van der Waals surface area contributed by atoms with Crippen LogP contribution in [0.1, 0.15) is 30.0 Å². The van der Waals surface area contributed by atoms with Gasteiger partial charge in [0.25, 0.3) is 10.0 Å². The molecule has 0 aliphatic carbocycles. The minimum Gasteiger partial charge on any atom is -0.354 e. The van der Waals surface area contributed by atoms with Gasteiger partial charge in [0, 0.05) is 19.5 Å². The predicted octanol–water partition coefficient (Wildman–Crippen LogP) is 6.80. The average Bonchev–Trinajstić information content (AvgIpc) is 3.03. The van der Waals surface area contributed by atoms with E-state index in [9.17, 15) is 22.4 Å². The van der Waals surface area contributed by atoms with Crippen LogP contribution in [0.25, 0.3) is 0 Å². The number of nitrogens with one attached hydrogen (secondary N) is 1. The normalized spacial score (nSPS) is 11.9. The van der Waals surface area contributed by atoms with Crippen molar-refractivity contribution < 1.29 is 22.4 Å².